The summed E-state index contributed by atoms with van der Waals surface area (Å²) in [6, 6.07) is 9.30. The van der Waals surface area contributed by atoms with Crippen LogP contribution in [0.5, 0.6) is 11.6 Å². The number of aromatic nitrogens is 2. The number of methoxy groups -OCH3 is 1. The third kappa shape index (κ3) is 3.90. The van der Waals surface area contributed by atoms with Crippen molar-refractivity contribution in [2.45, 2.75) is 6.61 Å². The lowest BCUT2D eigenvalue weighted by atomic mass is 10.3. The Morgan fingerprint density at radius 1 is 1.26 bits per heavy atom. The second kappa shape index (κ2) is 6.49. The first-order valence-corrected chi connectivity index (χ1v) is 6.48. The van der Waals surface area contributed by atoms with E-state index in [1.54, 1.807) is 20.2 Å². The molecule has 0 saturated carbocycles. The van der Waals surface area contributed by atoms with Crippen molar-refractivity contribution >= 4 is 21.7 Å². The molecule has 0 aliphatic rings. The normalized spacial score (nSPS) is 10.3. The van der Waals surface area contributed by atoms with Crippen LogP contribution in [0, 0.1) is 0 Å². The summed E-state index contributed by atoms with van der Waals surface area (Å²) in [6.45, 7) is 0.338. The van der Waals surface area contributed by atoms with E-state index in [1.807, 2.05) is 24.3 Å². The lowest BCUT2D eigenvalue weighted by molar-refractivity contribution is 0.177. The average molecular weight is 324 g/mol. The number of ether oxygens (including phenoxy) is 2. The van der Waals surface area contributed by atoms with Crippen LogP contribution in [-0.4, -0.2) is 24.1 Å². The van der Waals surface area contributed by atoms with Crippen molar-refractivity contribution in [1.82, 2.24) is 9.97 Å². The summed E-state index contributed by atoms with van der Waals surface area (Å²) in [5, 5.41) is 2.97. The van der Waals surface area contributed by atoms with E-state index in [-0.39, 0.29) is 0 Å². The van der Waals surface area contributed by atoms with Gasteiger partial charge >= 0.3 is 0 Å². The Kier molecular flexibility index (Phi) is 4.70. The summed E-state index contributed by atoms with van der Waals surface area (Å²) in [5.41, 5.74) is 0. The molecule has 1 heterocycles. The maximum Gasteiger partial charge on any atom is 0.224 e. The Morgan fingerprint density at radius 2 is 2.11 bits per heavy atom. The summed E-state index contributed by atoms with van der Waals surface area (Å²) < 4.78 is 11.7. The Morgan fingerprint density at radius 3 is 2.79 bits per heavy atom. The third-order valence-corrected chi connectivity index (χ3v) is 2.79. The average Bonchev–Trinajstić information content (AvgIpc) is 2.39. The standard InChI is InChI=1S/C13H14BrN3O2/c1-15-11-7-13(17-12(16-11)8-18-2)19-10-5-3-4-9(14)6-10/h3-7H,8H2,1-2H3,(H,15,16,17). The van der Waals surface area contributed by atoms with Crippen molar-refractivity contribution < 1.29 is 9.47 Å². The lowest BCUT2D eigenvalue weighted by Crippen LogP contribution is -2.02. The number of nitrogens with zero attached hydrogens (tertiary/aromatic N) is 2. The minimum atomic E-state index is 0.338. The second-order valence-corrected chi connectivity index (χ2v) is 4.67. The van der Waals surface area contributed by atoms with E-state index in [1.165, 1.54) is 0 Å². The van der Waals surface area contributed by atoms with Crippen LogP contribution in [0.25, 0.3) is 0 Å². The van der Waals surface area contributed by atoms with Crippen LogP contribution in [-0.2, 0) is 11.3 Å². The minimum Gasteiger partial charge on any atom is -0.439 e. The number of benzene rings is 1. The van der Waals surface area contributed by atoms with Gasteiger partial charge in [-0.25, -0.2) is 4.98 Å². The van der Waals surface area contributed by atoms with Gasteiger partial charge in [0.15, 0.2) is 5.82 Å². The molecule has 1 aromatic heterocycles. The molecule has 5 nitrogen and oxygen atoms in total. The number of anilines is 1. The van der Waals surface area contributed by atoms with Crippen molar-refractivity contribution in [3.8, 4) is 11.6 Å². The molecule has 0 amide bonds. The first kappa shape index (κ1) is 13.8. The Labute approximate surface area is 120 Å². The predicted molar refractivity (Wildman–Crippen MR) is 76.5 cm³/mol. The number of hydrogen-bond acceptors (Lipinski definition) is 5. The fraction of sp³-hybridized carbons (Fsp3) is 0.231. The fourth-order valence-corrected chi connectivity index (χ4v) is 1.88. The van der Waals surface area contributed by atoms with Crippen LogP contribution in [0.3, 0.4) is 0 Å². The minimum absolute atomic E-state index is 0.338. The molecule has 0 saturated heterocycles. The second-order valence-electron chi connectivity index (χ2n) is 3.75. The highest BCUT2D eigenvalue weighted by molar-refractivity contribution is 9.10. The van der Waals surface area contributed by atoms with Gasteiger partial charge in [-0.05, 0) is 18.2 Å². The van der Waals surface area contributed by atoms with Crippen LogP contribution in [0.4, 0.5) is 5.82 Å². The number of rotatable bonds is 5. The molecular weight excluding hydrogens is 310 g/mol. The highest BCUT2D eigenvalue weighted by Gasteiger charge is 2.06. The first-order valence-electron chi connectivity index (χ1n) is 5.69. The van der Waals surface area contributed by atoms with E-state index in [0.717, 1.165) is 4.47 Å². The smallest absolute Gasteiger partial charge is 0.224 e. The third-order valence-electron chi connectivity index (χ3n) is 2.30. The van der Waals surface area contributed by atoms with Gasteiger partial charge in [0.1, 0.15) is 18.2 Å². The van der Waals surface area contributed by atoms with Crippen molar-refractivity contribution in [1.29, 1.82) is 0 Å². The SMILES string of the molecule is CNc1cc(Oc2cccc(Br)c2)nc(COC)n1. The van der Waals surface area contributed by atoms with Crippen LogP contribution in [0.2, 0.25) is 0 Å². The maximum atomic E-state index is 5.71. The summed E-state index contributed by atoms with van der Waals surface area (Å²) in [6.07, 6.45) is 0. The molecule has 0 unspecified atom stereocenters. The summed E-state index contributed by atoms with van der Waals surface area (Å²) >= 11 is 3.40. The number of halogens is 1. The maximum absolute atomic E-state index is 5.71. The van der Waals surface area contributed by atoms with Crippen LogP contribution < -0.4 is 10.1 Å². The van der Waals surface area contributed by atoms with Crippen molar-refractivity contribution in [2.24, 2.45) is 0 Å². The molecule has 1 N–H and O–H groups in total. The monoisotopic (exact) mass is 323 g/mol. The van der Waals surface area contributed by atoms with Gasteiger partial charge in [0.05, 0.1) is 0 Å². The molecular formula is C13H14BrN3O2. The lowest BCUT2D eigenvalue weighted by Gasteiger charge is -2.09. The largest absolute Gasteiger partial charge is 0.439 e. The van der Waals surface area contributed by atoms with Crippen LogP contribution in [0.15, 0.2) is 34.8 Å². The van der Waals surface area contributed by atoms with E-state index in [0.29, 0.717) is 29.9 Å². The zero-order chi connectivity index (χ0) is 13.7. The molecule has 0 atom stereocenters. The van der Waals surface area contributed by atoms with Crippen LogP contribution >= 0.6 is 15.9 Å². The Bertz CT molecular complexity index is 563. The summed E-state index contributed by atoms with van der Waals surface area (Å²) in [5.74, 6) is 2.44. The van der Waals surface area contributed by atoms with Gasteiger partial charge in [-0.1, -0.05) is 22.0 Å². The van der Waals surface area contributed by atoms with Gasteiger partial charge in [-0.15, -0.1) is 0 Å². The zero-order valence-corrected chi connectivity index (χ0v) is 12.3. The molecule has 1 aromatic carbocycles. The van der Waals surface area contributed by atoms with E-state index >= 15 is 0 Å². The van der Waals surface area contributed by atoms with Crippen molar-refractivity contribution in [2.75, 3.05) is 19.5 Å². The molecule has 0 aliphatic heterocycles. The molecule has 2 rings (SSSR count). The molecule has 100 valence electrons. The van der Waals surface area contributed by atoms with Gasteiger partial charge < -0.3 is 14.8 Å². The first-order chi connectivity index (χ1) is 9.21. The van der Waals surface area contributed by atoms with Gasteiger partial charge in [-0.2, -0.15) is 4.98 Å². The van der Waals surface area contributed by atoms with E-state index in [2.05, 4.69) is 31.2 Å². The van der Waals surface area contributed by atoms with Crippen molar-refractivity contribution in [3.63, 3.8) is 0 Å². The van der Waals surface area contributed by atoms with E-state index in [4.69, 9.17) is 9.47 Å². The van der Waals surface area contributed by atoms with Crippen molar-refractivity contribution in [3.05, 3.63) is 40.6 Å². The fourth-order valence-electron chi connectivity index (χ4n) is 1.50. The molecule has 0 radical (unpaired) electrons. The van der Waals surface area contributed by atoms with E-state index in [9.17, 15) is 0 Å². The van der Waals surface area contributed by atoms with E-state index < -0.39 is 0 Å². The number of hydrogen-bond donors (Lipinski definition) is 1. The van der Waals surface area contributed by atoms with Crippen LogP contribution in [0.1, 0.15) is 5.82 Å². The summed E-state index contributed by atoms with van der Waals surface area (Å²) in [7, 11) is 3.39. The highest BCUT2D eigenvalue weighted by atomic mass is 79.9. The molecule has 0 aliphatic carbocycles. The van der Waals surface area contributed by atoms with Gasteiger partial charge in [0.25, 0.3) is 0 Å². The molecule has 2 aromatic rings. The predicted octanol–water partition coefficient (Wildman–Crippen LogP) is 3.22. The Hall–Kier alpha value is -1.66. The molecule has 0 fully saturated rings. The Balaban J connectivity index is 2.26. The quantitative estimate of drug-likeness (QED) is 0.915. The van der Waals surface area contributed by atoms with Gasteiger partial charge in [0, 0.05) is 24.7 Å². The molecule has 6 heteroatoms. The topological polar surface area (TPSA) is 56.3 Å². The number of nitrogens with one attached hydrogen (secondary N) is 1. The highest BCUT2D eigenvalue weighted by Crippen LogP contribution is 2.24. The molecule has 0 bridgehead atoms. The molecule has 0 spiro atoms. The zero-order valence-electron chi connectivity index (χ0n) is 10.7. The molecule has 19 heavy (non-hydrogen) atoms. The van der Waals surface area contributed by atoms with Gasteiger partial charge in [0.2, 0.25) is 5.88 Å². The van der Waals surface area contributed by atoms with Gasteiger partial charge in [-0.3, -0.25) is 0 Å². The summed E-state index contributed by atoms with van der Waals surface area (Å²) in [4.78, 5) is 8.55.